The van der Waals surface area contributed by atoms with E-state index in [1.165, 1.54) is 5.56 Å². The maximum Gasteiger partial charge on any atom is 0.322 e. The van der Waals surface area contributed by atoms with Crippen molar-refractivity contribution in [3.05, 3.63) is 35.9 Å². The van der Waals surface area contributed by atoms with E-state index in [0.29, 0.717) is 6.54 Å². The fourth-order valence-electron chi connectivity index (χ4n) is 2.48. The minimum absolute atomic E-state index is 0.267. The third-order valence-electron chi connectivity index (χ3n) is 3.67. The van der Waals surface area contributed by atoms with Crippen molar-refractivity contribution in [1.82, 2.24) is 9.80 Å². The van der Waals surface area contributed by atoms with E-state index in [2.05, 4.69) is 24.0 Å². The van der Waals surface area contributed by atoms with E-state index < -0.39 is 12.0 Å². The van der Waals surface area contributed by atoms with Crippen LogP contribution in [0.1, 0.15) is 12.5 Å². The van der Waals surface area contributed by atoms with Gasteiger partial charge < -0.3 is 5.11 Å². The van der Waals surface area contributed by atoms with E-state index in [4.69, 9.17) is 0 Å². The molecule has 1 heterocycles. The van der Waals surface area contributed by atoms with Crippen LogP contribution >= 0.6 is 0 Å². The molecule has 2 atom stereocenters. The highest BCUT2D eigenvalue weighted by Crippen LogP contribution is 2.16. The second kappa shape index (κ2) is 5.50. The predicted molar refractivity (Wildman–Crippen MR) is 70.4 cm³/mol. The molecule has 98 valence electrons. The molecule has 0 aromatic heterocycles. The third-order valence-corrected chi connectivity index (χ3v) is 3.67. The van der Waals surface area contributed by atoms with Crippen LogP contribution in [0.2, 0.25) is 0 Å². The number of carboxylic acids is 1. The summed E-state index contributed by atoms with van der Waals surface area (Å²) in [5, 5.41) is 9.24. The van der Waals surface area contributed by atoms with Gasteiger partial charge in [0.05, 0.1) is 0 Å². The van der Waals surface area contributed by atoms with Crippen molar-refractivity contribution in [2.75, 3.05) is 20.1 Å². The lowest BCUT2D eigenvalue weighted by Gasteiger charge is -2.41. The van der Waals surface area contributed by atoms with E-state index in [0.717, 1.165) is 13.1 Å². The number of carboxylic acid groups (broad SMARTS) is 1. The molecule has 1 aromatic rings. The molecule has 4 heteroatoms. The van der Waals surface area contributed by atoms with Gasteiger partial charge >= 0.3 is 5.97 Å². The minimum atomic E-state index is -0.734. The summed E-state index contributed by atoms with van der Waals surface area (Å²) in [6.07, 6.45) is 0. The summed E-state index contributed by atoms with van der Waals surface area (Å²) in [6.45, 7) is 4.40. The Morgan fingerprint density at radius 2 is 2.00 bits per heavy atom. The average molecular weight is 248 g/mol. The fourth-order valence-corrected chi connectivity index (χ4v) is 2.48. The first kappa shape index (κ1) is 13.1. The topological polar surface area (TPSA) is 43.8 Å². The molecule has 0 saturated carbocycles. The first-order valence-corrected chi connectivity index (χ1v) is 6.29. The van der Waals surface area contributed by atoms with Crippen molar-refractivity contribution in [1.29, 1.82) is 0 Å². The van der Waals surface area contributed by atoms with Crippen molar-refractivity contribution in [3.63, 3.8) is 0 Å². The number of hydrogen-bond acceptors (Lipinski definition) is 3. The summed E-state index contributed by atoms with van der Waals surface area (Å²) in [7, 11) is 1.89. The van der Waals surface area contributed by atoms with Gasteiger partial charge in [0.2, 0.25) is 0 Å². The number of likely N-dealkylation sites (N-methyl/N-ethyl adjacent to an activating group) is 1. The Bertz CT molecular complexity index is 408. The Kier molecular flexibility index (Phi) is 3.99. The zero-order valence-corrected chi connectivity index (χ0v) is 10.9. The monoisotopic (exact) mass is 248 g/mol. The number of piperazine rings is 1. The normalized spacial score (nSPS) is 26.1. The minimum Gasteiger partial charge on any atom is -0.480 e. The number of carbonyl (C=O) groups is 1. The van der Waals surface area contributed by atoms with Gasteiger partial charge in [0.25, 0.3) is 0 Å². The lowest BCUT2D eigenvalue weighted by Crippen LogP contribution is -2.58. The van der Waals surface area contributed by atoms with Crippen molar-refractivity contribution in [2.24, 2.45) is 0 Å². The standard InChI is InChI=1S/C14H20N2O2/c1-11-8-16(9-12-6-4-3-5-7-12)10-13(14(17)18)15(11)2/h3-7,11,13H,8-10H2,1-2H3,(H,17,18). The number of aliphatic carboxylic acids is 1. The smallest absolute Gasteiger partial charge is 0.322 e. The van der Waals surface area contributed by atoms with Gasteiger partial charge in [-0.2, -0.15) is 0 Å². The average Bonchev–Trinajstić information content (AvgIpc) is 2.34. The van der Waals surface area contributed by atoms with Gasteiger partial charge in [-0.25, -0.2) is 0 Å². The summed E-state index contributed by atoms with van der Waals surface area (Å²) in [5.74, 6) is -0.734. The zero-order chi connectivity index (χ0) is 13.1. The summed E-state index contributed by atoms with van der Waals surface area (Å²) in [6, 6.07) is 10.1. The van der Waals surface area contributed by atoms with Gasteiger partial charge in [0.15, 0.2) is 0 Å². The lowest BCUT2D eigenvalue weighted by molar-refractivity contribution is -0.146. The van der Waals surface area contributed by atoms with E-state index in [1.54, 1.807) is 0 Å². The third kappa shape index (κ3) is 2.89. The molecule has 0 aliphatic carbocycles. The van der Waals surface area contributed by atoms with E-state index >= 15 is 0 Å². The quantitative estimate of drug-likeness (QED) is 0.875. The molecule has 1 fully saturated rings. The Hall–Kier alpha value is -1.39. The fraction of sp³-hybridized carbons (Fsp3) is 0.500. The van der Waals surface area contributed by atoms with Crippen LogP contribution in [0.25, 0.3) is 0 Å². The molecule has 1 aliphatic heterocycles. The molecule has 1 aliphatic rings. The number of hydrogen-bond donors (Lipinski definition) is 1. The van der Waals surface area contributed by atoms with Crippen LogP contribution in [0, 0.1) is 0 Å². The molecule has 0 amide bonds. The maximum absolute atomic E-state index is 11.2. The molecule has 1 aromatic carbocycles. The summed E-state index contributed by atoms with van der Waals surface area (Å²) in [4.78, 5) is 15.4. The highest BCUT2D eigenvalue weighted by molar-refractivity contribution is 5.74. The zero-order valence-electron chi connectivity index (χ0n) is 10.9. The Morgan fingerprint density at radius 3 is 2.61 bits per heavy atom. The molecule has 2 rings (SSSR count). The first-order chi connectivity index (χ1) is 8.58. The Balaban J connectivity index is 2.04. The number of benzene rings is 1. The van der Waals surface area contributed by atoms with Crippen molar-refractivity contribution < 1.29 is 9.90 Å². The molecule has 1 saturated heterocycles. The number of rotatable bonds is 3. The molecule has 0 bridgehead atoms. The molecule has 0 spiro atoms. The molecule has 0 radical (unpaired) electrons. The molecule has 2 unspecified atom stereocenters. The first-order valence-electron chi connectivity index (χ1n) is 6.29. The molecule has 1 N–H and O–H groups in total. The van der Waals surface area contributed by atoms with Crippen LogP contribution in [-0.4, -0.2) is 53.1 Å². The highest BCUT2D eigenvalue weighted by Gasteiger charge is 2.33. The molecular weight excluding hydrogens is 228 g/mol. The Labute approximate surface area is 108 Å². The van der Waals surface area contributed by atoms with Gasteiger partial charge in [-0.3, -0.25) is 14.6 Å². The number of nitrogens with zero attached hydrogens (tertiary/aromatic N) is 2. The van der Waals surface area contributed by atoms with E-state index in [9.17, 15) is 9.90 Å². The van der Waals surface area contributed by atoms with Crippen molar-refractivity contribution in [2.45, 2.75) is 25.6 Å². The van der Waals surface area contributed by atoms with E-state index in [1.807, 2.05) is 30.1 Å². The van der Waals surface area contributed by atoms with Gasteiger partial charge in [-0.15, -0.1) is 0 Å². The van der Waals surface area contributed by atoms with Gasteiger partial charge in [-0.05, 0) is 19.5 Å². The second-order valence-electron chi connectivity index (χ2n) is 5.05. The largest absolute Gasteiger partial charge is 0.480 e. The summed E-state index contributed by atoms with van der Waals surface area (Å²) < 4.78 is 0. The van der Waals surface area contributed by atoms with Gasteiger partial charge in [0, 0.05) is 25.7 Å². The van der Waals surface area contributed by atoms with Crippen LogP contribution in [0.4, 0.5) is 0 Å². The maximum atomic E-state index is 11.2. The second-order valence-corrected chi connectivity index (χ2v) is 5.05. The highest BCUT2D eigenvalue weighted by atomic mass is 16.4. The van der Waals surface area contributed by atoms with Crippen LogP contribution < -0.4 is 0 Å². The molecule has 4 nitrogen and oxygen atoms in total. The summed E-state index contributed by atoms with van der Waals surface area (Å²) in [5.41, 5.74) is 1.23. The predicted octanol–water partition coefficient (Wildman–Crippen LogP) is 1.28. The van der Waals surface area contributed by atoms with E-state index in [-0.39, 0.29) is 6.04 Å². The van der Waals surface area contributed by atoms with Crippen LogP contribution in [0.15, 0.2) is 30.3 Å². The molecule has 18 heavy (non-hydrogen) atoms. The summed E-state index contributed by atoms with van der Waals surface area (Å²) >= 11 is 0. The molecular formula is C14H20N2O2. The Morgan fingerprint density at radius 1 is 1.33 bits per heavy atom. The van der Waals surface area contributed by atoms with Crippen molar-refractivity contribution >= 4 is 5.97 Å². The van der Waals surface area contributed by atoms with Crippen molar-refractivity contribution in [3.8, 4) is 0 Å². The van der Waals surface area contributed by atoms with Crippen LogP contribution in [0.3, 0.4) is 0 Å². The van der Waals surface area contributed by atoms with Gasteiger partial charge in [-0.1, -0.05) is 30.3 Å². The van der Waals surface area contributed by atoms with Gasteiger partial charge in [0.1, 0.15) is 6.04 Å². The van der Waals surface area contributed by atoms with Crippen LogP contribution in [0.5, 0.6) is 0 Å². The van der Waals surface area contributed by atoms with Crippen LogP contribution in [-0.2, 0) is 11.3 Å². The lowest BCUT2D eigenvalue weighted by atomic mass is 10.1. The SMILES string of the molecule is CC1CN(Cc2ccccc2)CC(C(=O)O)N1C.